The maximum atomic E-state index is 12.8. The zero-order valence-corrected chi connectivity index (χ0v) is 8.23. The number of aliphatic hydroxyl groups excluding tert-OH is 1. The van der Waals surface area contributed by atoms with Crippen LogP contribution in [0, 0.1) is 17.5 Å². The minimum absolute atomic E-state index is 0.0772. The lowest BCUT2D eigenvalue weighted by atomic mass is 10.2. The van der Waals surface area contributed by atoms with Crippen LogP contribution in [0.15, 0.2) is 12.1 Å². The van der Waals surface area contributed by atoms with Gasteiger partial charge in [0.05, 0.1) is 6.61 Å². The second-order valence-electron chi connectivity index (χ2n) is 3.34. The molecule has 0 saturated carbocycles. The Morgan fingerprint density at radius 3 is 2.27 bits per heavy atom. The van der Waals surface area contributed by atoms with Gasteiger partial charge >= 0.3 is 0 Å². The molecule has 1 aromatic rings. The number of aliphatic hydroxyl groups is 1. The lowest BCUT2D eigenvalue weighted by Crippen LogP contribution is -2.28. The Balaban J connectivity index is 2.70. The molecule has 0 saturated heterocycles. The molecule has 2 N–H and O–H groups in total. The Morgan fingerprint density at radius 1 is 1.27 bits per heavy atom. The average molecular weight is 219 g/mol. The van der Waals surface area contributed by atoms with Gasteiger partial charge in [0.15, 0.2) is 17.5 Å². The molecule has 1 rings (SSSR count). The molecule has 15 heavy (non-hydrogen) atoms. The second-order valence-corrected chi connectivity index (χ2v) is 3.34. The minimum Gasteiger partial charge on any atom is -0.395 e. The quantitative estimate of drug-likeness (QED) is 0.753. The summed E-state index contributed by atoms with van der Waals surface area (Å²) >= 11 is 0. The van der Waals surface area contributed by atoms with Crippen molar-refractivity contribution in [2.24, 2.45) is 0 Å². The van der Waals surface area contributed by atoms with E-state index >= 15 is 0 Å². The number of hydrogen-bond donors (Lipinski definition) is 2. The van der Waals surface area contributed by atoms with Crippen LogP contribution in [0.1, 0.15) is 12.5 Å². The van der Waals surface area contributed by atoms with Crippen LogP contribution in [0.2, 0.25) is 0 Å². The fourth-order valence-corrected chi connectivity index (χ4v) is 1.07. The summed E-state index contributed by atoms with van der Waals surface area (Å²) < 4.78 is 38.1. The van der Waals surface area contributed by atoms with Crippen LogP contribution < -0.4 is 5.32 Å². The lowest BCUT2D eigenvalue weighted by Gasteiger charge is -2.10. The van der Waals surface area contributed by atoms with Gasteiger partial charge in [0.25, 0.3) is 0 Å². The van der Waals surface area contributed by atoms with Crippen molar-refractivity contribution < 1.29 is 18.3 Å². The van der Waals surface area contributed by atoms with E-state index in [9.17, 15) is 13.2 Å². The molecule has 0 bridgehead atoms. The van der Waals surface area contributed by atoms with Crippen molar-refractivity contribution in [1.29, 1.82) is 0 Å². The third kappa shape index (κ3) is 3.21. The van der Waals surface area contributed by atoms with Crippen molar-refractivity contribution in [3.05, 3.63) is 35.1 Å². The van der Waals surface area contributed by atoms with Gasteiger partial charge in [0.1, 0.15) is 0 Å². The van der Waals surface area contributed by atoms with Crippen molar-refractivity contribution in [2.45, 2.75) is 19.5 Å². The molecular formula is C10H12F3NO. The van der Waals surface area contributed by atoms with E-state index in [0.29, 0.717) is 5.56 Å². The van der Waals surface area contributed by atoms with Crippen molar-refractivity contribution in [3.63, 3.8) is 0 Å². The van der Waals surface area contributed by atoms with Crippen molar-refractivity contribution in [3.8, 4) is 0 Å². The van der Waals surface area contributed by atoms with E-state index in [2.05, 4.69) is 5.32 Å². The highest BCUT2D eigenvalue weighted by atomic mass is 19.2. The number of rotatable bonds is 4. The summed E-state index contributed by atoms with van der Waals surface area (Å²) in [6, 6.07) is 1.67. The maximum absolute atomic E-state index is 12.8. The molecule has 0 fully saturated rings. The first-order chi connectivity index (χ1) is 7.04. The largest absolute Gasteiger partial charge is 0.395 e. The van der Waals surface area contributed by atoms with E-state index in [1.54, 1.807) is 6.92 Å². The SMILES string of the molecule is C[C@@H](CO)NCc1cc(F)c(F)c(F)c1. The summed E-state index contributed by atoms with van der Waals surface area (Å²) in [7, 11) is 0. The van der Waals surface area contributed by atoms with Gasteiger partial charge in [-0.1, -0.05) is 0 Å². The number of hydrogen-bond acceptors (Lipinski definition) is 2. The topological polar surface area (TPSA) is 32.3 Å². The molecule has 84 valence electrons. The Kier molecular flexibility index (Phi) is 4.11. The molecule has 0 aliphatic heterocycles. The van der Waals surface area contributed by atoms with E-state index in [1.165, 1.54) is 0 Å². The van der Waals surface area contributed by atoms with Gasteiger partial charge in [0, 0.05) is 12.6 Å². The molecule has 5 heteroatoms. The monoisotopic (exact) mass is 219 g/mol. The van der Waals surface area contributed by atoms with Crippen LogP contribution in [0.4, 0.5) is 13.2 Å². The summed E-state index contributed by atoms with van der Waals surface area (Å²) in [5.41, 5.74) is 0.298. The van der Waals surface area contributed by atoms with Crippen LogP contribution in [-0.2, 0) is 6.54 Å². The molecule has 0 spiro atoms. The van der Waals surface area contributed by atoms with Crippen molar-refractivity contribution >= 4 is 0 Å². The third-order valence-corrected chi connectivity index (χ3v) is 1.97. The van der Waals surface area contributed by atoms with Gasteiger partial charge in [-0.25, -0.2) is 13.2 Å². The van der Waals surface area contributed by atoms with Gasteiger partial charge in [-0.15, -0.1) is 0 Å². The Hall–Kier alpha value is -1.07. The molecule has 1 aromatic carbocycles. The zero-order valence-electron chi connectivity index (χ0n) is 8.23. The van der Waals surface area contributed by atoms with Gasteiger partial charge in [-0.3, -0.25) is 0 Å². The van der Waals surface area contributed by atoms with E-state index in [4.69, 9.17) is 5.11 Å². The van der Waals surface area contributed by atoms with Crippen molar-refractivity contribution in [1.82, 2.24) is 5.32 Å². The highest BCUT2D eigenvalue weighted by Crippen LogP contribution is 2.13. The normalized spacial score (nSPS) is 12.9. The van der Waals surface area contributed by atoms with Gasteiger partial charge in [0.2, 0.25) is 0 Å². The second kappa shape index (κ2) is 5.14. The van der Waals surface area contributed by atoms with Crippen LogP contribution in [-0.4, -0.2) is 17.8 Å². The van der Waals surface area contributed by atoms with Crippen LogP contribution in [0.25, 0.3) is 0 Å². The Morgan fingerprint density at radius 2 is 1.80 bits per heavy atom. The average Bonchev–Trinajstić information content (AvgIpc) is 2.22. The summed E-state index contributed by atoms with van der Waals surface area (Å²) in [4.78, 5) is 0. The standard InChI is InChI=1S/C10H12F3NO/c1-6(5-15)14-4-7-2-8(11)10(13)9(12)3-7/h2-3,6,14-15H,4-5H2,1H3/t6-/m0/s1. The Labute approximate surface area is 85.7 Å². The summed E-state index contributed by atoms with van der Waals surface area (Å²) in [6.07, 6.45) is 0. The first-order valence-electron chi connectivity index (χ1n) is 4.52. The van der Waals surface area contributed by atoms with Gasteiger partial charge < -0.3 is 10.4 Å². The third-order valence-electron chi connectivity index (χ3n) is 1.97. The summed E-state index contributed by atoms with van der Waals surface area (Å²) in [5.74, 6) is -3.87. The first kappa shape index (κ1) is 12.0. The van der Waals surface area contributed by atoms with E-state index in [1.807, 2.05) is 0 Å². The predicted octanol–water partition coefficient (Wildman–Crippen LogP) is 1.57. The van der Waals surface area contributed by atoms with Gasteiger partial charge in [-0.05, 0) is 24.6 Å². The summed E-state index contributed by atoms with van der Waals surface area (Å²) in [6.45, 7) is 1.82. The predicted molar refractivity (Wildman–Crippen MR) is 49.7 cm³/mol. The molecule has 1 atom stereocenters. The van der Waals surface area contributed by atoms with Crippen LogP contribution >= 0.6 is 0 Å². The Bertz CT molecular complexity index is 320. The fourth-order valence-electron chi connectivity index (χ4n) is 1.07. The summed E-state index contributed by atoms with van der Waals surface area (Å²) in [5, 5.41) is 11.5. The molecule has 0 aromatic heterocycles. The van der Waals surface area contributed by atoms with Crippen molar-refractivity contribution in [2.75, 3.05) is 6.61 Å². The van der Waals surface area contributed by atoms with E-state index < -0.39 is 17.5 Å². The molecular weight excluding hydrogens is 207 g/mol. The highest BCUT2D eigenvalue weighted by molar-refractivity contribution is 5.19. The molecule has 0 aliphatic rings. The molecule has 0 amide bonds. The first-order valence-corrected chi connectivity index (χ1v) is 4.52. The molecule has 2 nitrogen and oxygen atoms in total. The van der Waals surface area contributed by atoms with Crippen LogP contribution in [0.5, 0.6) is 0 Å². The van der Waals surface area contributed by atoms with Gasteiger partial charge in [-0.2, -0.15) is 0 Å². The molecule has 0 heterocycles. The fraction of sp³-hybridized carbons (Fsp3) is 0.400. The molecule has 0 radical (unpaired) electrons. The highest BCUT2D eigenvalue weighted by Gasteiger charge is 2.10. The smallest absolute Gasteiger partial charge is 0.194 e. The zero-order chi connectivity index (χ0) is 11.4. The number of benzene rings is 1. The minimum atomic E-state index is -1.46. The number of nitrogens with one attached hydrogen (secondary N) is 1. The molecule has 0 unspecified atom stereocenters. The van der Waals surface area contributed by atoms with E-state index in [0.717, 1.165) is 12.1 Å². The maximum Gasteiger partial charge on any atom is 0.194 e. The molecule has 0 aliphatic carbocycles. The van der Waals surface area contributed by atoms with E-state index in [-0.39, 0.29) is 19.2 Å². The lowest BCUT2D eigenvalue weighted by molar-refractivity contribution is 0.251. The van der Waals surface area contributed by atoms with Crippen LogP contribution in [0.3, 0.4) is 0 Å². The number of halogens is 3.